The maximum absolute atomic E-state index is 13.3. The number of methoxy groups -OCH3 is 1. The molecule has 32 heavy (non-hydrogen) atoms. The topological polar surface area (TPSA) is 132 Å². The van der Waals surface area contributed by atoms with Gasteiger partial charge in [0.2, 0.25) is 5.91 Å². The number of carbonyl (C=O) groups is 1. The van der Waals surface area contributed by atoms with Gasteiger partial charge in [-0.15, -0.1) is 0 Å². The number of hydrogen-bond acceptors (Lipinski definition) is 6. The number of benzene rings is 2. The fourth-order valence-corrected chi connectivity index (χ4v) is 3.28. The van der Waals surface area contributed by atoms with Crippen molar-refractivity contribution < 1.29 is 14.5 Å². The fraction of sp³-hybridized carbons (Fsp3) is 0.227. The van der Waals surface area contributed by atoms with E-state index in [1.807, 2.05) is 0 Å². The van der Waals surface area contributed by atoms with Gasteiger partial charge in [0.05, 0.1) is 34.7 Å². The first-order valence-corrected chi connectivity index (χ1v) is 9.98. The minimum absolute atomic E-state index is 0.0180. The number of nitrogens with one attached hydrogen (secondary N) is 2. The van der Waals surface area contributed by atoms with Crippen LogP contribution in [0.3, 0.4) is 0 Å². The van der Waals surface area contributed by atoms with E-state index in [2.05, 4.69) is 15.6 Å². The van der Waals surface area contributed by atoms with Gasteiger partial charge < -0.3 is 4.74 Å². The highest BCUT2D eigenvalue weighted by molar-refractivity contribution is 6.04. The number of nitrogens with zero attached hydrogens (tertiary/aromatic N) is 3. The summed E-state index contributed by atoms with van der Waals surface area (Å²) in [4.78, 5) is 35.7. The lowest BCUT2D eigenvalue weighted by Crippen LogP contribution is -2.24. The molecule has 10 nitrogen and oxygen atoms in total. The summed E-state index contributed by atoms with van der Waals surface area (Å²) in [5, 5.41) is 18.2. The molecule has 1 aliphatic rings. The van der Waals surface area contributed by atoms with Gasteiger partial charge in [0.1, 0.15) is 5.75 Å². The lowest BCUT2D eigenvalue weighted by molar-refractivity contribution is -0.384. The highest BCUT2D eigenvalue weighted by Crippen LogP contribution is 2.29. The van der Waals surface area contributed by atoms with Crippen LogP contribution in [0.4, 0.5) is 5.69 Å². The molecule has 0 atom stereocenters. The van der Waals surface area contributed by atoms with Crippen LogP contribution in [0.15, 0.2) is 58.4 Å². The molecule has 2 N–H and O–H groups in total. The molecule has 0 aliphatic heterocycles. The third kappa shape index (κ3) is 4.15. The number of ether oxygens (including phenoxy) is 1. The Balaban J connectivity index is 1.79. The highest BCUT2D eigenvalue weighted by atomic mass is 16.6. The van der Waals surface area contributed by atoms with Crippen molar-refractivity contribution in [3.63, 3.8) is 0 Å². The second kappa shape index (κ2) is 8.50. The molecule has 1 amide bonds. The molecule has 0 saturated heterocycles. The van der Waals surface area contributed by atoms with Crippen LogP contribution in [-0.2, 0) is 4.79 Å². The number of hydrazone groups is 1. The van der Waals surface area contributed by atoms with Crippen molar-refractivity contribution in [1.29, 1.82) is 0 Å². The van der Waals surface area contributed by atoms with Gasteiger partial charge in [-0.1, -0.05) is 0 Å². The van der Waals surface area contributed by atoms with Crippen molar-refractivity contribution in [3.05, 3.63) is 74.6 Å². The van der Waals surface area contributed by atoms with E-state index in [0.29, 0.717) is 28.4 Å². The van der Waals surface area contributed by atoms with E-state index in [1.54, 1.807) is 38.3 Å². The summed E-state index contributed by atoms with van der Waals surface area (Å²) in [7, 11) is 1.56. The molecule has 4 rings (SSSR count). The van der Waals surface area contributed by atoms with Crippen LogP contribution in [0, 0.1) is 16.0 Å². The molecule has 1 aromatic heterocycles. The molecule has 1 fully saturated rings. The van der Waals surface area contributed by atoms with Crippen LogP contribution >= 0.6 is 0 Å². The summed E-state index contributed by atoms with van der Waals surface area (Å²) < 4.78 is 6.49. The van der Waals surface area contributed by atoms with Crippen LogP contribution in [0.5, 0.6) is 5.75 Å². The average Bonchev–Trinajstić information content (AvgIpc) is 3.60. The smallest absolute Gasteiger partial charge is 0.281 e. The van der Waals surface area contributed by atoms with Crippen molar-refractivity contribution in [2.75, 3.05) is 7.11 Å². The second-order valence-electron chi connectivity index (χ2n) is 7.45. The number of nitro benzene ring substituents is 1. The molecule has 0 radical (unpaired) electrons. The van der Waals surface area contributed by atoms with E-state index in [1.165, 1.54) is 28.9 Å². The lowest BCUT2D eigenvalue weighted by atomic mass is 10.1. The SMILES string of the molecule is COc1ccc(-c2[nH]n(-c3ccc([N+](=O)[O-])cc3)c(=O)c2/C(C)=N/NC(=O)C2CC2)cc1. The summed E-state index contributed by atoms with van der Waals surface area (Å²) >= 11 is 0. The molecule has 10 heteroatoms. The average molecular weight is 435 g/mol. The van der Waals surface area contributed by atoms with E-state index in [9.17, 15) is 19.7 Å². The second-order valence-corrected chi connectivity index (χ2v) is 7.45. The summed E-state index contributed by atoms with van der Waals surface area (Å²) in [5.74, 6) is 0.478. The van der Waals surface area contributed by atoms with Gasteiger partial charge in [-0.3, -0.25) is 24.8 Å². The lowest BCUT2D eigenvalue weighted by Gasteiger charge is -2.05. The van der Waals surface area contributed by atoms with Gasteiger partial charge in [0.15, 0.2) is 0 Å². The Hall–Kier alpha value is -4.21. The summed E-state index contributed by atoms with van der Waals surface area (Å²) in [6.07, 6.45) is 1.68. The van der Waals surface area contributed by atoms with Crippen molar-refractivity contribution in [3.8, 4) is 22.7 Å². The first-order chi connectivity index (χ1) is 15.4. The van der Waals surface area contributed by atoms with Gasteiger partial charge in [-0.25, -0.2) is 10.1 Å². The van der Waals surface area contributed by atoms with Crippen LogP contribution in [0.25, 0.3) is 16.9 Å². The molecule has 1 aliphatic carbocycles. The number of nitro groups is 1. The third-order valence-corrected chi connectivity index (χ3v) is 5.23. The monoisotopic (exact) mass is 435 g/mol. The number of hydrogen-bond donors (Lipinski definition) is 2. The van der Waals surface area contributed by atoms with Crippen molar-refractivity contribution in [1.82, 2.24) is 15.2 Å². The molecule has 164 valence electrons. The van der Waals surface area contributed by atoms with Gasteiger partial charge >= 0.3 is 0 Å². The molecule has 0 bridgehead atoms. The molecule has 1 heterocycles. The van der Waals surface area contributed by atoms with E-state index < -0.39 is 10.5 Å². The van der Waals surface area contributed by atoms with Crippen LogP contribution in [0.1, 0.15) is 25.3 Å². The zero-order valence-corrected chi connectivity index (χ0v) is 17.5. The number of aromatic amines is 1. The fourth-order valence-electron chi connectivity index (χ4n) is 3.28. The Morgan fingerprint density at radius 2 is 1.84 bits per heavy atom. The van der Waals surface area contributed by atoms with E-state index in [-0.39, 0.29) is 23.1 Å². The number of non-ortho nitro benzene ring substituents is 1. The normalized spacial score (nSPS) is 13.6. The molecular weight excluding hydrogens is 414 g/mol. The third-order valence-electron chi connectivity index (χ3n) is 5.23. The standard InChI is InChI=1S/C22H21N5O5/c1-13(23-24-21(28)15-3-4-15)19-20(14-5-11-18(32-2)12-6-14)25-26(22(19)29)16-7-9-17(10-8-16)27(30)31/h5-12,15,25H,3-4H2,1-2H3,(H,24,28)/b23-13+. The number of rotatable bonds is 7. The van der Waals surface area contributed by atoms with Gasteiger partial charge in [-0.05, 0) is 56.2 Å². The van der Waals surface area contributed by atoms with Gasteiger partial charge in [0.25, 0.3) is 11.2 Å². The Morgan fingerprint density at radius 1 is 1.19 bits per heavy atom. The van der Waals surface area contributed by atoms with Crippen LogP contribution < -0.4 is 15.7 Å². The zero-order chi connectivity index (χ0) is 22.8. The Bertz CT molecular complexity index is 1250. The predicted molar refractivity (Wildman–Crippen MR) is 118 cm³/mol. The maximum atomic E-state index is 13.3. The summed E-state index contributed by atoms with van der Waals surface area (Å²) in [6.45, 7) is 1.64. The maximum Gasteiger partial charge on any atom is 0.281 e. The van der Waals surface area contributed by atoms with Crippen LogP contribution in [-0.4, -0.2) is 33.4 Å². The minimum Gasteiger partial charge on any atom is -0.497 e. The van der Waals surface area contributed by atoms with Crippen LogP contribution in [0.2, 0.25) is 0 Å². The number of amides is 1. The van der Waals surface area contributed by atoms with Gasteiger partial charge in [-0.2, -0.15) is 5.10 Å². The molecule has 0 spiro atoms. The van der Waals surface area contributed by atoms with Crippen molar-refractivity contribution in [2.45, 2.75) is 19.8 Å². The quantitative estimate of drug-likeness (QED) is 0.335. The van der Waals surface area contributed by atoms with E-state index >= 15 is 0 Å². The Kier molecular flexibility index (Phi) is 5.59. The Morgan fingerprint density at radius 3 is 2.41 bits per heavy atom. The van der Waals surface area contributed by atoms with E-state index in [4.69, 9.17) is 4.74 Å². The number of carbonyl (C=O) groups excluding carboxylic acids is 1. The molecule has 0 unspecified atom stereocenters. The summed E-state index contributed by atoms with van der Waals surface area (Å²) in [5.41, 5.74) is 4.31. The zero-order valence-electron chi connectivity index (χ0n) is 17.5. The minimum atomic E-state index is -0.505. The molecular formula is C22H21N5O5. The number of H-pyrrole nitrogens is 1. The van der Waals surface area contributed by atoms with Crippen molar-refractivity contribution >= 4 is 17.3 Å². The first kappa shape index (κ1) is 21.0. The van der Waals surface area contributed by atoms with Gasteiger partial charge in [0, 0.05) is 23.6 Å². The molecule has 3 aromatic rings. The summed E-state index contributed by atoms with van der Waals surface area (Å²) in [6, 6.07) is 12.7. The number of aromatic nitrogens is 2. The van der Waals surface area contributed by atoms with Crippen molar-refractivity contribution in [2.24, 2.45) is 11.0 Å². The molecule has 1 saturated carbocycles. The highest BCUT2D eigenvalue weighted by Gasteiger charge is 2.29. The Labute approximate surface area is 182 Å². The van der Waals surface area contributed by atoms with E-state index in [0.717, 1.165) is 12.8 Å². The first-order valence-electron chi connectivity index (χ1n) is 9.98. The largest absolute Gasteiger partial charge is 0.497 e. The molecule has 2 aromatic carbocycles. The predicted octanol–water partition coefficient (Wildman–Crippen LogP) is 3.00.